The number of halogens is 1. The van der Waals surface area contributed by atoms with Crippen LogP contribution < -0.4 is 0 Å². The van der Waals surface area contributed by atoms with Crippen LogP contribution in [0.15, 0.2) is 0 Å². The Kier molecular flexibility index (Phi) is 12800. The molecule has 74 valence electrons. The molecule has 0 spiro atoms. The number of carbonyl (C=O) groups excluding carboxylic acids is 5. The average Bonchev–Trinajstić information content (AvgIpc) is 2.33. The molecule has 0 fully saturated rings. The van der Waals surface area contributed by atoms with Crippen LogP contribution in [-0.2, 0) is 41.2 Å². The van der Waals surface area contributed by atoms with Crippen molar-refractivity contribution in [3.8, 4) is 0 Å². The van der Waals surface area contributed by atoms with Crippen LogP contribution in [0.2, 0.25) is 0 Å². The maximum absolute atomic E-state index is 7.75. The Morgan fingerprint density at radius 1 is 0.500 bits per heavy atom. The fourth-order valence-corrected chi connectivity index (χ4v) is 0. The first-order valence-corrected chi connectivity index (χ1v) is 7.25. The first-order valence-electron chi connectivity index (χ1n) is 1.32. The van der Waals surface area contributed by atoms with Crippen LogP contribution in [0.1, 0.15) is 0 Å². The first-order chi connectivity index (χ1) is 6.00. The Hall–Kier alpha value is -0.508. The summed E-state index contributed by atoms with van der Waals surface area (Å²) in [7, 11) is 0. The fourth-order valence-electron chi connectivity index (χ4n) is 0. The molecule has 7 heteroatoms. The number of hydrogen-bond donors (Lipinski definition) is 0. The molecule has 0 atom stereocenters. The van der Waals surface area contributed by atoms with Crippen molar-refractivity contribution in [2.24, 2.45) is 0 Å². The van der Waals surface area contributed by atoms with Crippen LogP contribution in [0, 0.1) is 0 Å². The minimum Gasteiger partial charge on any atom is -0.545 e. The molecule has 5 nitrogen and oxygen atoms in total. The molecule has 0 N–H and O–H groups in total. The first kappa shape index (κ1) is 41.9. The minimum atomic E-state index is 1.53. The molecule has 0 aliphatic carbocycles. The van der Waals surface area contributed by atoms with Gasteiger partial charge < -0.3 is 24.0 Å². The van der Waals surface area contributed by atoms with Crippen molar-refractivity contribution in [2.75, 3.05) is 0 Å². The van der Waals surface area contributed by atoms with E-state index in [-0.39, 0.29) is 0 Å². The third-order valence-electron chi connectivity index (χ3n) is 0. The number of hydrogen-bond acceptors (Lipinski definition) is 5. The summed E-state index contributed by atoms with van der Waals surface area (Å²) in [4.78, 5) is 38.8. The summed E-state index contributed by atoms with van der Waals surface area (Å²) < 4.78 is 0. The molecule has 0 saturated heterocycles. The van der Waals surface area contributed by atoms with Gasteiger partial charge >= 0.3 is 30.6 Å². The van der Waals surface area contributed by atoms with Gasteiger partial charge in [0, 0.05) is 0 Å². The molecule has 0 aromatic rings. The molecule has 0 amide bonds. The molecule has 0 aromatic carbocycles. The van der Waals surface area contributed by atoms with Gasteiger partial charge in [-0.1, -0.05) is 0 Å². The SMILES string of the molecule is [Br][Re].[CH-]=O.[CH-]=O.[CH-]=O.[CH-]=O.[CH-]=O. The van der Waals surface area contributed by atoms with E-state index in [1.165, 1.54) is 17.2 Å². The van der Waals surface area contributed by atoms with Gasteiger partial charge in [-0.2, -0.15) is 0 Å². The topological polar surface area (TPSA) is 85.3 Å². The van der Waals surface area contributed by atoms with E-state index in [0.29, 0.717) is 0 Å². The summed E-state index contributed by atoms with van der Waals surface area (Å²) in [6.07, 6.45) is 0. The predicted octanol–water partition coefficient (Wildman–Crippen LogP) is -0.527. The van der Waals surface area contributed by atoms with Crippen molar-refractivity contribution in [2.45, 2.75) is 0 Å². The molecule has 12 heavy (non-hydrogen) atoms. The van der Waals surface area contributed by atoms with Gasteiger partial charge in [-0.15, -0.1) is 0 Å². The summed E-state index contributed by atoms with van der Waals surface area (Å²) in [5.41, 5.74) is 0. The van der Waals surface area contributed by atoms with Gasteiger partial charge in [-0.25, -0.2) is 0 Å². The zero-order valence-electron chi connectivity index (χ0n) is 5.68. The van der Waals surface area contributed by atoms with Gasteiger partial charge in [-0.3, -0.25) is 33.9 Å². The van der Waals surface area contributed by atoms with E-state index < -0.39 is 0 Å². The zero-order valence-corrected chi connectivity index (χ0v) is 9.99. The largest absolute Gasteiger partial charge is 0.545 e. The van der Waals surface area contributed by atoms with Crippen LogP contribution in [0.5, 0.6) is 0 Å². The maximum atomic E-state index is 7.75. The molecule has 0 aliphatic rings. The molecule has 0 heterocycles. The molecule has 0 saturated carbocycles. The molecular formula is C5H5BrO5Re-5. The van der Waals surface area contributed by atoms with Crippen molar-refractivity contribution in [1.82, 2.24) is 0 Å². The second-order valence-electron chi connectivity index (χ2n) is 0. The quantitative estimate of drug-likeness (QED) is 0.396. The molecule has 0 rings (SSSR count). The zero-order chi connectivity index (χ0) is 12.0. The van der Waals surface area contributed by atoms with Gasteiger partial charge in [-0.05, 0) is 0 Å². The monoisotopic (exact) mass is 411 g/mol. The maximum Gasteiger partial charge on any atom is -0.282 e. The Bertz CT molecular complexity index is 31.4. The van der Waals surface area contributed by atoms with Crippen LogP contribution in [0.3, 0.4) is 0 Å². The van der Waals surface area contributed by atoms with Crippen LogP contribution in [-0.4, -0.2) is 33.9 Å². The summed E-state index contributed by atoms with van der Waals surface area (Å²) >= 11 is 4.53. The normalized spacial score (nSPS) is 2.17. The average molecular weight is 411 g/mol. The van der Waals surface area contributed by atoms with Gasteiger partial charge in [0.2, 0.25) is 0 Å². The van der Waals surface area contributed by atoms with E-state index in [9.17, 15) is 0 Å². The third-order valence-corrected chi connectivity index (χ3v) is 0. The van der Waals surface area contributed by atoms with E-state index in [1.54, 1.807) is 0 Å². The van der Waals surface area contributed by atoms with Gasteiger partial charge in [0.25, 0.3) is 0 Å². The van der Waals surface area contributed by atoms with E-state index in [0.717, 1.165) is 0 Å². The molecule has 0 bridgehead atoms. The van der Waals surface area contributed by atoms with E-state index >= 15 is 0 Å². The molecular weight excluding hydrogens is 406 g/mol. The second-order valence-corrected chi connectivity index (χ2v) is 0. The van der Waals surface area contributed by atoms with Gasteiger partial charge in [0.15, 0.2) is 0 Å². The minimum absolute atomic E-state index is 1.53. The Morgan fingerprint density at radius 2 is 0.500 bits per heavy atom. The molecule has 0 unspecified atom stereocenters. The van der Waals surface area contributed by atoms with Crippen molar-refractivity contribution in [1.29, 1.82) is 0 Å². The predicted molar refractivity (Wildman–Crippen MR) is 42.7 cm³/mol. The van der Waals surface area contributed by atoms with Gasteiger partial charge in [0.1, 0.15) is 0 Å². The molecule has 0 radical (unpaired) electrons. The van der Waals surface area contributed by atoms with Crippen molar-refractivity contribution in [3.63, 3.8) is 0 Å². The second kappa shape index (κ2) is 3670. The third kappa shape index (κ3) is 2660. The van der Waals surface area contributed by atoms with Crippen LogP contribution in [0.4, 0.5) is 0 Å². The van der Waals surface area contributed by atoms with Crippen LogP contribution >= 0.6 is 13.4 Å². The summed E-state index contributed by atoms with van der Waals surface area (Å²) in [5, 5.41) is 0. The standard InChI is InChI=1S/5CHO.BrH.Re/c5*1-2;;/h5*1H;1H;/q5*-1;;+1/p-1. The van der Waals surface area contributed by atoms with E-state index in [1.807, 2.05) is 0 Å². The Labute approximate surface area is 88.5 Å². The smallest absolute Gasteiger partial charge is 0.282 e. The summed E-state index contributed by atoms with van der Waals surface area (Å²) in [6.45, 7) is 16.2. The molecule has 0 aliphatic heterocycles. The van der Waals surface area contributed by atoms with E-state index in [2.05, 4.69) is 47.4 Å². The van der Waals surface area contributed by atoms with Gasteiger partial charge in [0.05, 0.1) is 0 Å². The van der Waals surface area contributed by atoms with Crippen molar-refractivity contribution < 1.29 is 41.2 Å². The van der Waals surface area contributed by atoms with Crippen molar-refractivity contribution >= 4 is 47.4 Å². The fraction of sp³-hybridized carbons (Fsp3) is 0. The summed E-state index contributed by atoms with van der Waals surface area (Å²) in [5.74, 6) is 0. The molecule has 0 aromatic heterocycles. The van der Waals surface area contributed by atoms with Crippen LogP contribution in [0.25, 0.3) is 0 Å². The number of rotatable bonds is 0. The summed E-state index contributed by atoms with van der Waals surface area (Å²) in [6, 6.07) is 0. The Balaban J connectivity index is -0.00000000900. The Morgan fingerprint density at radius 3 is 0.500 bits per heavy atom. The van der Waals surface area contributed by atoms with Crippen molar-refractivity contribution in [3.05, 3.63) is 0 Å². The van der Waals surface area contributed by atoms with E-state index in [4.69, 9.17) is 24.0 Å².